The lowest BCUT2D eigenvalue weighted by molar-refractivity contribution is 0.249. The third-order valence-corrected chi connectivity index (χ3v) is 7.46. The Morgan fingerprint density at radius 2 is 1.71 bits per heavy atom. The SMILES string of the molecule is CC(C)N1CCOc2c(F)cc(-c3cc(Nc4ccc(N5CCC(N(C)C)CC5)c(F)c4)ncc3F)cc21. The van der Waals surface area contributed by atoms with Gasteiger partial charge in [-0.15, -0.1) is 0 Å². The highest BCUT2D eigenvalue weighted by Crippen LogP contribution is 2.40. The molecule has 2 aromatic carbocycles. The molecule has 0 spiro atoms. The fraction of sp³-hybridized carbons (Fsp3) is 0.414. The van der Waals surface area contributed by atoms with Gasteiger partial charge in [-0.1, -0.05) is 0 Å². The number of hydrogen-bond acceptors (Lipinski definition) is 6. The molecule has 38 heavy (non-hydrogen) atoms. The second kappa shape index (κ2) is 10.7. The van der Waals surface area contributed by atoms with Crippen LogP contribution < -0.4 is 19.9 Å². The van der Waals surface area contributed by atoms with E-state index in [0.717, 1.165) is 32.1 Å². The molecule has 2 aliphatic rings. The van der Waals surface area contributed by atoms with Gasteiger partial charge in [-0.25, -0.2) is 18.2 Å². The topological polar surface area (TPSA) is 43.9 Å². The zero-order valence-electron chi connectivity index (χ0n) is 22.3. The van der Waals surface area contributed by atoms with Crippen LogP contribution in [0.15, 0.2) is 42.6 Å². The molecule has 1 aromatic heterocycles. The number of rotatable bonds is 6. The summed E-state index contributed by atoms with van der Waals surface area (Å²) in [5.41, 5.74) is 2.24. The number of aromatic nitrogens is 1. The summed E-state index contributed by atoms with van der Waals surface area (Å²) in [6.07, 6.45) is 3.06. The molecule has 0 unspecified atom stereocenters. The summed E-state index contributed by atoms with van der Waals surface area (Å²) < 4.78 is 50.5. The molecule has 0 atom stereocenters. The van der Waals surface area contributed by atoms with E-state index >= 15 is 4.39 Å². The molecule has 2 aliphatic heterocycles. The first kappa shape index (κ1) is 26.2. The van der Waals surface area contributed by atoms with Crippen molar-refractivity contribution >= 4 is 22.9 Å². The van der Waals surface area contributed by atoms with Crippen LogP contribution in [0.25, 0.3) is 11.1 Å². The first-order valence-corrected chi connectivity index (χ1v) is 13.1. The second-order valence-corrected chi connectivity index (χ2v) is 10.5. The van der Waals surface area contributed by atoms with Crippen molar-refractivity contribution in [2.75, 3.05) is 55.5 Å². The fourth-order valence-electron chi connectivity index (χ4n) is 5.33. The number of hydrogen-bond donors (Lipinski definition) is 1. The Morgan fingerprint density at radius 1 is 0.947 bits per heavy atom. The summed E-state index contributed by atoms with van der Waals surface area (Å²) in [7, 11) is 4.15. The van der Waals surface area contributed by atoms with Crippen LogP contribution >= 0.6 is 0 Å². The number of halogens is 3. The molecule has 0 radical (unpaired) electrons. The lowest BCUT2D eigenvalue weighted by atomic mass is 10.0. The molecule has 202 valence electrons. The maximum absolute atomic E-state index is 15.1. The average molecular weight is 526 g/mol. The van der Waals surface area contributed by atoms with Gasteiger partial charge in [-0.2, -0.15) is 0 Å². The number of fused-ring (bicyclic) bond motifs is 1. The predicted molar refractivity (Wildman–Crippen MR) is 146 cm³/mol. The third-order valence-electron chi connectivity index (χ3n) is 7.46. The van der Waals surface area contributed by atoms with Crippen LogP contribution in [0.3, 0.4) is 0 Å². The van der Waals surface area contributed by atoms with Crippen LogP contribution in [0.4, 0.5) is 36.1 Å². The highest BCUT2D eigenvalue weighted by molar-refractivity contribution is 5.76. The zero-order valence-corrected chi connectivity index (χ0v) is 22.3. The lowest BCUT2D eigenvalue weighted by Gasteiger charge is -2.36. The van der Waals surface area contributed by atoms with Crippen molar-refractivity contribution in [3.8, 4) is 16.9 Å². The summed E-state index contributed by atoms with van der Waals surface area (Å²) in [5.74, 6) is -0.934. The van der Waals surface area contributed by atoms with Gasteiger partial charge < -0.3 is 24.8 Å². The number of ether oxygens (including phenoxy) is 1. The van der Waals surface area contributed by atoms with Crippen molar-refractivity contribution in [2.45, 2.75) is 38.8 Å². The Labute approximate surface area is 222 Å². The Hall–Kier alpha value is -3.46. The number of nitrogens with zero attached hydrogens (tertiary/aromatic N) is 4. The van der Waals surface area contributed by atoms with Gasteiger partial charge in [-0.3, -0.25) is 0 Å². The molecule has 0 saturated carbocycles. The number of piperidine rings is 1. The average Bonchev–Trinajstić information content (AvgIpc) is 2.89. The van der Waals surface area contributed by atoms with Gasteiger partial charge in [-0.05, 0) is 82.7 Å². The van der Waals surface area contributed by atoms with Gasteiger partial charge in [0.15, 0.2) is 11.6 Å². The van der Waals surface area contributed by atoms with Crippen molar-refractivity contribution in [2.24, 2.45) is 0 Å². The van der Waals surface area contributed by atoms with E-state index in [1.54, 1.807) is 18.2 Å². The van der Waals surface area contributed by atoms with E-state index in [1.165, 1.54) is 18.2 Å². The fourth-order valence-corrected chi connectivity index (χ4v) is 5.33. The van der Waals surface area contributed by atoms with E-state index in [0.29, 0.717) is 47.6 Å². The molecule has 1 N–H and O–H groups in total. The highest BCUT2D eigenvalue weighted by atomic mass is 19.1. The summed E-state index contributed by atoms with van der Waals surface area (Å²) in [6, 6.07) is 10.1. The van der Waals surface area contributed by atoms with Crippen LogP contribution in [-0.2, 0) is 0 Å². The number of nitrogens with one attached hydrogen (secondary N) is 1. The molecule has 9 heteroatoms. The van der Waals surface area contributed by atoms with Crippen LogP contribution in [0.5, 0.6) is 5.75 Å². The first-order chi connectivity index (χ1) is 18.2. The van der Waals surface area contributed by atoms with Crippen molar-refractivity contribution in [1.82, 2.24) is 9.88 Å². The molecular formula is C29H34F3N5O. The van der Waals surface area contributed by atoms with Gasteiger partial charge in [0, 0.05) is 36.4 Å². The second-order valence-electron chi connectivity index (χ2n) is 10.5. The van der Waals surface area contributed by atoms with Gasteiger partial charge in [0.25, 0.3) is 0 Å². The maximum atomic E-state index is 15.1. The monoisotopic (exact) mass is 525 g/mol. The van der Waals surface area contributed by atoms with Gasteiger partial charge in [0.05, 0.1) is 24.1 Å². The van der Waals surface area contributed by atoms with Gasteiger partial charge >= 0.3 is 0 Å². The van der Waals surface area contributed by atoms with E-state index in [2.05, 4.69) is 34.2 Å². The van der Waals surface area contributed by atoms with E-state index in [4.69, 9.17) is 4.74 Å². The minimum Gasteiger partial charge on any atom is -0.486 e. The zero-order chi connectivity index (χ0) is 27.0. The molecule has 3 heterocycles. The minimum absolute atomic E-state index is 0.129. The Morgan fingerprint density at radius 3 is 2.39 bits per heavy atom. The van der Waals surface area contributed by atoms with Crippen LogP contribution in [0.1, 0.15) is 26.7 Å². The number of anilines is 4. The first-order valence-electron chi connectivity index (χ1n) is 13.1. The van der Waals surface area contributed by atoms with E-state index < -0.39 is 11.6 Å². The molecule has 6 nitrogen and oxygen atoms in total. The lowest BCUT2D eigenvalue weighted by Crippen LogP contribution is -2.42. The number of pyridine rings is 1. The maximum Gasteiger partial charge on any atom is 0.178 e. The third kappa shape index (κ3) is 5.25. The minimum atomic E-state index is -0.578. The molecule has 5 rings (SSSR count). The Balaban J connectivity index is 1.38. The molecule has 0 bridgehead atoms. The Bertz CT molecular complexity index is 1310. The predicted octanol–water partition coefficient (Wildman–Crippen LogP) is 6.05. The van der Waals surface area contributed by atoms with Gasteiger partial charge in [0.1, 0.15) is 24.1 Å². The molecular weight excluding hydrogens is 491 g/mol. The molecule has 3 aromatic rings. The van der Waals surface area contributed by atoms with Crippen molar-refractivity contribution < 1.29 is 17.9 Å². The molecule has 0 amide bonds. The smallest absolute Gasteiger partial charge is 0.178 e. The molecule has 1 saturated heterocycles. The summed E-state index contributed by atoms with van der Waals surface area (Å²) in [6.45, 7) is 6.64. The van der Waals surface area contributed by atoms with Crippen LogP contribution in [0, 0.1) is 17.5 Å². The van der Waals surface area contributed by atoms with Crippen molar-refractivity contribution in [3.05, 3.63) is 60.0 Å². The van der Waals surface area contributed by atoms with Crippen LogP contribution in [0.2, 0.25) is 0 Å². The van der Waals surface area contributed by atoms with Crippen molar-refractivity contribution in [3.63, 3.8) is 0 Å². The summed E-state index contributed by atoms with van der Waals surface area (Å²) >= 11 is 0. The quantitative estimate of drug-likeness (QED) is 0.423. The normalized spacial score (nSPS) is 16.1. The van der Waals surface area contributed by atoms with Crippen LogP contribution in [-0.4, -0.2) is 62.3 Å². The van der Waals surface area contributed by atoms with Crippen molar-refractivity contribution in [1.29, 1.82) is 0 Å². The highest BCUT2D eigenvalue weighted by Gasteiger charge is 2.26. The Kier molecular flexibility index (Phi) is 7.38. The molecule has 0 aliphatic carbocycles. The number of benzene rings is 2. The molecule has 1 fully saturated rings. The van der Waals surface area contributed by atoms with Gasteiger partial charge in [0.2, 0.25) is 0 Å². The van der Waals surface area contributed by atoms with E-state index in [-0.39, 0.29) is 23.2 Å². The summed E-state index contributed by atoms with van der Waals surface area (Å²) in [5, 5.41) is 3.07. The largest absolute Gasteiger partial charge is 0.486 e. The summed E-state index contributed by atoms with van der Waals surface area (Å²) in [4.78, 5) is 10.5. The standard InChI is InChI=1S/C29H34F3N5O/c1-18(2)37-11-12-38-29-24(31)13-19(14-27(29)37)22-16-28(33-17-25(22)32)34-20-5-6-26(23(30)15-20)36-9-7-21(8-10-36)35(3)4/h5-6,13-18,21H,7-12H2,1-4H3,(H,33,34). The van der Waals surface area contributed by atoms with E-state index in [9.17, 15) is 8.78 Å². The van der Waals surface area contributed by atoms with E-state index in [1.807, 2.05) is 18.7 Å².